The largest absolute Gasteiger partial charge is 0.381 e. The van der Waals surface area contributed by atoms with Crippen LogP contribution in [0.2, 0.25) is 0 Å². The lowest BCUT2D eigenvalue weighted by atomic mass is 10.1. The summed E-state index contributed by atoms with van der Waals surface area (Å²) >= 11 is 0. The van der Waals surface area contributed by atoms with E-state index in [0.29, 0.717) is 66.5 Å². The molecule has 0 aromatic carbocycles. The van der Waals surface area contributed by atoms with E-state index in [0.717, 1.165) is 122 Å². The van der Waals surface area contributed by atoms with Crippen molar-refractivity contribution in [3.63, 3.8) is 0 Å². The Bertz CT molecular complexity index is 1550. The summed E-state index contributed by atoms with van der Waals surface area (Å²) in [6, 6.07) is 0. The molecule has 0 atom stereocenters. The van der Waals surface area contributed by atoms with Gasteiger partial charge in [0.2, 0.25) is 0 Å². The molecule has 0 unspecified atom stereocenters. The highest BCUT2D eigenvalue weighted by molar-refractivity contribution is 5.77. The van der Waals surface area contributed by atoms with Gasteiger partial charge in [-0.2, -0.15) is 0 Å². The number of unbranched alkanes of at least 4 members (excludes halogenated alkanes) is 38. The van der Waals surface area contributed by atoms with Crippen molar-refractivity contribution in [3.8, 4) is 0 Å². The summed E-state index contributed by atoms with van der Waals surface area (Å²) in [5.41, 5.74) is 0. The van der Waals surface area contributed by atoms with Gasteiger partial charge in [-0.25, -0.2) is 0 Å². The molecule has 98 heavy (non-hydrogen) atoms. The van der Waals surface area contributed by atoms with Crippen LogP contribution < -0.4 is 0 Å². The number of rotatable bonds is 62. The van der Waals surface area contributed by atoms with Crippen molar-refractivity contribution in [2.45, 2.75) is 484 Å². The van der Waals surface area contributed by atoms with E-state index in [4.69, 9.17) is 9.47 Å². The highest BCUT2D eigenvalue weighted by Crippen LogP contribution is 2.13. The third-order valence-electron chi connectivity index (χ3n) is 15.9. The maximum atomic E-state index is 10.7. The molecule has 0 heterocycles. The number of Topliss-reactive ketones (excluding diaryl/α,β-unsaturated/α-hetero) is 9. The average molecular weight is 1400 g/mol. The number of carbonyl (C=O) groups is 9. The molecule has 0 aromatic heterocycles. The Morgan fingerprint density at radius 3 is 0.439 bits per heavy atom. The molecule has 0 aliphatic heterocycles. The topological polar surface area (TPSA) is 172 Å². The summed E-state index contributed by atoms with van der Waals surface area (Å²) < 4.78 is 10.4. The first-order valence-electron chi connectivity index (χ1n) is 41.5. The Balaban J connectivity index is -0.000000130. The van der Waals surface area contributed by atoms with E-state index in [1.54, 1.807) is 62.3 Å². The molecule has 0 saturated carbocycles. The van der Waals surface area contributed by atoms with Crippen LogP contribution in [0, 0.1) is 0 Å². The van der Waals surface area contributed by atoms with Crippen molar-refractivity contribution in [1.29, 1.82) is 0 Å². The number of hydrogen-bond acceptors (Lipinski definition) is 11. The summed E-state index contributed by atoms with van der Waals surface area (Å²) in [6.07, 6.45) is 66.0. The fraction of sp³-hybridized carbons (Fsp3) is 0.897. The van der Waals surface area contributed by atoms with Crippen LogP contribution in [0.1, 0.15) is 484 Å². The Hall–Kier alpha value is -3.05. The normalized spacial score (nSPS) is 9.98. The van der Waals surface area contributed by atoms with Crippen LogP contribution in [0.25, 0.3) is 0 Å². The van der Waals surface area contributed by atoms with Crippen LogP contribution in [0.15, 0.2) is 0 Å². The minimum atomic E-state index is 0.205. The smallest absolute Gasteiger partial charge is 0.132 e. The molecular weight excluding hydrogens is 1220 g/mol. The number of hydrogen-bond donors (Lipinski definition) is 0. The quantitative estimate of drug-likeness (QED) is 0.0531. The Morgan fingerprint density at radius 1 is 0.143 bits per heavy atom. The van der Waals surface area contributed by atoms with Gasteiger partial charge in [-0.15, -0.1) is 0 Å². The molecule has 0 rings (SSSR count). The number of ether oxygens (including phenoxy) is 2. The zero-order chi connectivity index (χ0) is 76.0. The van der Waals surface area contributed by atoms with E-state index in [1.165, 1.54) is 238 Å². The maximum Gasteiger partial charge on any atom is 0.132 e. The Kier molecular flexibility index (Phi) is 127. The number of carbonyl (C=O) groups excluding carboxylic acids is 9. The van der Waals surface area contributed by atoms with Gasteiger partial charge in [0.05, 0.1) is 13.2 Å². The van der Waals surface area contributed by atoms with Gasteiger partial charge in [-0.3, -0.25) is 9.59 Å². The van der Waals surface area contributed by atoms with Crippen LogP contribution in [0.5, 0.6) is 0 Å². The predicted octanol–water partition coefficient (Wildman–Crippen LogP) is 27.2. The van der Waals surface area contributed by atoms with Gasteiger partial charge >= 0.3 is 0 Å². The van der Waals surface area contributed by atoms with Crippen molar-refractivity contribution in [2.75, 3.05) is 26.4 Å². The zero-order valence-electron chi connectivity index (χ0n) is 69.4. The monoisotopic (exact) mass is 1400 g/mol. The standard InChI is InChI=1S/C13H26O.C12H24O.C11H22O.C10H20O.C9H18O2.C9H18O.C8H16O2.C8H16O.C7H14O/c1-3-4-5-6-7-8-9-10-11-12-13(2)14;1-3-4-5-6-7-8-9-10-11-12(2)13;1-3-4-5-6-7-8-9-10-11(2)12;1-3-4-5-6-7-8-9-10(2)11;1-3-4-5-7-11-8-6-9(2)10;1-3-4-5-6-7-8-9(2)10;1-3-4-6-10-7-5-8(2)9;1-3-4-5-6-7-8(2)9;1-3-4-5-6-7(2)8/h3-12H2,1-2H3;3-11H2,1-2H3;3-10H2,1-2H3;3-9H2,1-2H3;3-8H2,1-2H3;3-8H2,1-2H3;3-7H2,1-2H3;3-7H2,1-2H3;3-6H2,1-2H3. The molecular formula is C87H174O11. The molecule has 0 N–H and O–H groups in total. The molecule has 11 heteroatoms. The third-order valence-corrected chi connectivity index (χ3v) is 15.9. The summed E-state index contributed by atoms with van der Waals surface area (Å²) in [7, 11) is 0. The third kappa shape index (κ3) is 170. The molecule has 0 fully saturated rings. The average Bonchev–Trinajstić information content (AvgIpc) is 3.60. The van der Waals surface area contributed by atoms with E-state index < -0.39 is 0 Å². The molecule has 0 bridgehead atoms. The fourth-order valence-corrected chi connectivity index (χ4v) is 9.42. The van der Waals surface area contributed by atoms with E-state index in [-0.39, 0.29) is 11.6 Å². The lowest BCUT2D eigenvalue weighted by Gasteiger charge is -2.00. The molecule has 0 aliphatic carbocycles. The van der Waals surface area contributed by atoms with Crippen molar-refractivity contribution < 1.29 is 52.6 Å². The molecule has 588 valence electrons. The maximum absolute atomic E-state index is 10.7. The zero-order valence-corrected chi connectivity index (χ0v) is 69.4. The first kappa shape index (κ1) is 113. The fourth-order valence-electron chi connectivity index (χ4n) is 9.42. The molecule has 0 aliphatic rings. The molecule has 0 amide bonds. The predicted molar refractivity (Wildman–Crippen MR) is 427 cm³/mol. The Labute approximate surface area is 612 Å². The molecule has 0 spiro atoms. The van der Waals surface area contributed by atoms with Crippen molar-refractivity contribution >= 4 is 52.0 Å². The second-order valence-corrected chi connectivity index (χ2v) is 27.7. The van der Waals surface area contributed by atoms with E-state index in [2.05, 4.69) is 62.3 Å². The molecule has 0 radical (unpaired) electrons. The summed E-state index contributed by atoms with van der Waals surface area (Å²) in [5.74, 6) is 2.74. The van der Waals surface area contributed by atoms with E-state index in [1.807, 2.05) is 0 Å². The van der Waals surface area contributed by atoms with Gasteiger partial charge in [-0.1, -0.05) is 306 Å². The van der Waals surface area contributed by atoms with Crippen molar-refractivity contribution in [2.24, 2.45) is 0 Å². The minimum Gasteiger partial charge on any atom is -0.381 e. The second-order valence-electron chi connectivity index (χ2n) is 27.7. The lowest BCUT2D eigenvalue weighted by Crippen LogP contribution is -2.01. The van der Waals surface area contributed by atoms with Crippen LogP contribution in [-0.4, -0.2) is 78.5 Å². The highest BCUT2D eigenvalue weighted by Gasteiger charge is 2.00. The minimum absolute atomic E-state index is 0.205. The first-order valence-corrected chi connectivity index (χ1v) is 41.5. The summed E-state index contributed by atoms with van der Waals surface area (Å²) in [6.45, 7) is 37.4. The molecule has 0 saturated heterocycles. The highest BCUT2D eigenvalue weighted by atomic mass is 16.5. The van der Waals surface area contributed by atoms with Crippen molar-refractivity contribution in [1.82, 2.24) is 0 Å². The first-order chi connectivity index (χ1) is 46.9. The second kappa shape index (κ2) is 110. The van der Waals surface area contributed by atoms with Gasteiger partial charge in [0.1, 0.15) is 52.0 Å². The van der Waals surface area contributed by atoms with Crippen LogP contribution >= 0.6 is 0 Å². The van der Waals surface area contributed by atoms with Gasteiger partial charge in [0.25, 0.3) is 0 Å². The van der Waals surface area contributed by atoms with Gasteiger partial charge in [0.15, 0.2) is 0 Å². The number of ketones is 9. The van der Waals surface area contributed by atoms with E-state index in [9.17, 15) is 43.2 Å². The van der Waals surface area contributed by atoms with Gasteiger partial charge in [-0.05, 0) is 120 Å². The van der Waals surface area contributed by atoms with Crippen LogP contribution in [0.3, 0.4) is 0 Å². The van der Waals surface area contributed by atoms with Crippen LogP contribution in [-0.2, 0) is 52.6 Å². The van der Waals surface area contributed by atoms with Gasteiger partial charge < -0.3 is 43.0 Å². The molecule has 0 aromatic rings. The van der Waals surface area contributed by atoms with Gasteiger partial charge in [0, 0.05) is 71.0 Å². The SMILES string of the molecule is CCCCCC(C)=O.CCCCCCC(C)=O.CCCCCCCC(C)=O.CCCCCCCCC(C)=O.CCCCCCCCCC(C)=O.CCCCCCCCCCC(C)=O.CCCCCCCCCCCC(C)=O.CCCCCOCCC(C)=O.CCCCOCCC(C)=O. The Morgan fingerprint density at radius 2 is 0.265 bits per heavy atom. The van der Waals surface area contributed by atoms with Crippen molar-refractivity contribution in [3.05, 3.63) is 0 Å². The van der Waals surface area contributed by atoms with Crippen LogP contribution in [0.4, 0.5) is 0 Å². The molecule has 11 nitrogen and oxygen atoms in total. The lowest BCUT2D eigenvalue weighted by molar-refractivity contribution is -0.118. The van der Waals surface area contributed by atoms with E-state index >= 15 is 0 Å². The summed E-state index contributed by atoms with van der Waals surface area (Å²) in [5, 5.41) is 0. The summed E-state index contributed by atoms with van der Waals surface area (Å²) in [4.78, 5) is 94.4.